The zero-order chi connectivity index (χ0) is 23.3. The summed E-state index contributed by atoms with van der Waals surface area (Å²) in [6.45, 7) is 1.35. The van der Waals surface area contributed by atoms with Crippen molar-refractivity contribution < 1.29 is 28.7 Å². The van der Waals surface area contributed by atoms with Gasteiger partial charge in [0.1, 0.15) is 5.75 Å². The molecule has 0 aromatic heterocycles. The van der Waals surface area contributed by atoms with E-state index in [9.17, 15) is 19.2 Å². The number of carbonyl (C=O) groups is 4. The smallest absolute Gasteiger partial charge is 0.311 e. The van der Waals surface area contributed by atoms with Gasteiger partial charge in [-0.2, -0.15) is 0 Å². The Hall–Kier alpha value is -3.40. The Bertz CT molecular complexity index is 1060. The predicted octanol–water partition coefficient (Wildman–Crippen LogP) is 2.44. The fraction of sp³-hybridized carbons (Fsp3) is 0.273. The van der Waals surface area contributed by atoms with E-state index in [0.717, 1.165) is 15.0 Å². The highest BCUT2D eigenvalue weighted by molar-refractivity contribution is 9.10. The van der Waals surface area contributed by atoms with Crippen LogP contribution in [-0.2, 0) is 19.1 Å². The third-order valence-corrected chi connectivity index (χ3v) is 5.72. The van der Waals surface area contributed by atoms with Gasteiger partial charge in [-0.3, -0.25) is 29.6 Å². The lowest BCUT2D eigenvalue weighted by atomic mass is 10.1. The molecular formula is C22H22BrN3O6. The number of nitrogens with one attached hydrogen (secondary N) is 2. The van der Waals surface area contributed by atoms with Gasteiger partial charge >= 0.3 is 5.97 Å². The third kappa shape index (κ3) is 5.64. The van der Waals surface area contributed by atoms with E-state index in [4.69, 9.17) is 9.47 Å². The Morgan fingerprint density at radius 1 is 1.19 bits per heavy atom. The van der Waals surface area contributed by atoms with Gasteiger partial charge in [0.05, 0.1) is 25.1 Å². The second-order valence-corrected chi connectivity index (χ2v) is 8.02. The molecule has 32 heavy (non-hydrogen) atoms. The number of carbonyl (C=O) groups excluding carboxylic acids is 4. The van der Waals surface area contributed by atoms with Crippen molar-refractivity contribution in [2.75, 3.05) is 25.6 Å². The van der Waals surface area contributed by atoms with Crippen LogP contribution in [0.1, 0.15) is 22.3 Å². The minimum absolute atomic E-state index is 0.0495. The Kier molecular flexibility index (Phi) is 7.47. The fourth-order valence-electron chi connectivity index (χ4n) is 3.16. The highest BCUT2D eigenvalue weighted by Crippen LogP contribution is 2.21. The minimum Gasteiger partial charge on any atom is -0.496 e. The molecule has 1 saturated heterocycles. The van der Waals surface area contributed by atoms with Gasteiger partial charge < -0.3 is 14.8 Å². The van der Waals surface area contributed by atoms with Gasteiger partial charge in [0.15, 0.2) is 6.61 Å². The molecule has 0 bridgehead atoms. The van der Waals surface area contributed by atoms with Gasteiger partial charge in [-0.25, -0.2) is 0 Å². The Balaban J connectivity index is 1.50. The van der Waals surface area contributed by atoms with E-state index >= 15 is 0 Å². The van der Waals surface area contributed by atoms with E-state index in [-0.39, 0.29) is 18.5 Å². The first-order valence-electron chi connectivity index (χ1n) is 9.75. The molecule has 0 radical (unpaired) electrons. The molecular weight excluding hydrogens is 482 g/mol. The molecule has 3 rings (SSSR count). The van der Waals surface area contributed by atoms with Crippen molar-refractivity contribution in [1.29, 1.82) is 0 Å². The van der Waals surface area contributed by atoms with Crippen molar-refractivity contribution in [1.82, 2.24) is 10.4 Å². The number of hydrazine groups is 1. The number of benzene rings is 2. The van der Waals surface area contributed by atoms with Crippen LogP contribution in [0.2, 0.25) is 0 Å². The number of hydrogen-bond donors (Lipinski definition) is 2. The number of nitrogens with zero attached hydrogens (tertiary/aromatic N) is 1. The van der Waals surface area contributed by atoms with E-state index in [1.165, 1.54) is 7.11 Å². The van der Waals surface area contributed by atoms with Crippen LogP contribution in [-0.4, -0.2) is 49.0 Å². The standard InChI is InChI=1S/C22H22BrN3O6/c1-13-9-15(7-8-17(13)23)24-19(27)12-32-22(30)14-10-20(28)26(11-14)25-21(29)16-5-3-4-6-18(16)31-2/h3-9,14H,10-12H2,1-2H3,(H,24,27)(H,25,29)/t14-/m0/s1. The van der Waals surface area contributed by atoms with Crippen molar-refractivity contribution >= 4 is 45.3 Å². The number of amides is 3. The van der Waals surface area contributed by atoms with Crippen molar-refractivity contribution in [2.24, 2.45) is 5.92 Å². The van der Waals surface area contributed by atoms with Crippen LogP contribution < -0.4 is 15.5 Å². The van der Waals surface area contributed by atoms with Gasteiger partial charge in [0, 0.05) is 16.6 Å². The summed E-state index contributed by atoms with van der Waals surface area (Å²) in [6, 6.07) is 11.9. The van der Waals surface area contributed by atoms with Crippen LogP contribution in [0.15, 0.2) is 46.9 Å². The normalized spacial score (nSPS) is 15.3. The summed E-state index contributed by atoms with van der Waals surface area (Å²) in [7, 11) is 1.44. The Labute approximate surface area is 193 Å². The minimum atomic E-state index is -0.789. The largest absolute Gasteiger partial charge is 0.496 e. The van der Waals surface area contributed by atoms with Crippen molar-refractivity contribution in [3.8, 4) is 5.75 Å². The summed E-state index contributed by atoms with van der Waals surface area (Å²) in [5.41, 5.74) is 4.26. The maximum atomic E-state index is 12.5. The summed E-state index contributed by atoms with van der Waals surface area (Å²) < 4.78 is 11.1. The lowest BCUT2D eigenvalue weighted by Gasteiger charge is -2.18. The molecule has 0 spiro atoms. The monoisotopic (exact) mass is 503 g/mol. The Morgan fingerprint density at radius 2 is 1.94 bits per heavy atom. The van der Waals surface area contributed by atoms with Crippen LogP contribution in [0.4, 0.5) is 5.69 Å². The third-order valence-electron chi connectivity index (χ3n) is 4.83. The first-order valence-corrected chi connectivity index (χ1v) is 10.5. The fourth-order valence-corrected chi connectivity index (χ4v) is 3.41. The van der Waals surface area contributed by atoms with Gasteiger partial charge in [0.2, 0.25) is 5.91 Å². The van der Waals surface area contributed by atoms with E-state index in [0.29, 0.717) is 11.4 Å². The lowest BCUT2D eigenvalue weighted by Crippen LogP contribution is -2.43. The molecule has 0 unspecified atom stereocenters. The molecule has 2 N–H and O–H groups in total. The number of hydrogen-bond acceptors (Lipinski definition) is 6. The molecule has 1 aliphatic rings. The molecule has 1 fully saturated rings. The topological polar surface area (TPSA) is 114 Å². The average Bonchev–Trinajstić information content (AvgIpc) is 3.14. The molecule has 0 saturated carbocycles. The van der Waals surface area contributed by atoms with Crippen LogP contribution in [0.3, 0.4) is 0 Å². The highest BCUT2D eigenvalue weighted by atomic mass is 79.9. The van der Waals surface area contributed by atoms with E-state index in [2.05, 4.69) is 26.7 Å². The molecule has 3 amide bonds. The number of methoxy groups -OCH3 is 1. The van der Waals surface area contributed by atoms with Gasteiger partial charge in [-0.1, -0.05) is 28.1 Å². The maximum Gasteiger partial charge on any atom is 0.311 e. The van der Waals surface area contributed by atoms with Crippen LogP contribution in [0.5, 0.6) is 5.75 Å². The Morgan fingerprint density at radius 3 is 2.66 bits per heavy atom. The van der Waals surface area contributed by atoms with E-state index in [1.807, 2.05) is 6.92 Å². The highest BCUT2D eigenvalue weighted by Gasteiger charge is 2.37. The van der Waals surface area contributed by atoms with Gasteiger partial charge in [-0.15, -0.1) is 0 Å². The summed E-state index contributed by atoms with van der Waals surface area (Å²) >= 11 is 3.38. The lowest BCUT2D eigenvalue weighted by molar-refractivity contribution is -0.151. The molecule has 168 valence electrons. The number of esters is 1. The first kappa shape index (κ1) is 23.3. The molecule has 1 heterocycles. The van der Waals surface area contributed by atoms with Crippen LogP contribution in [0, 0.1) is 12.8 Å². The summed E-state index contributed by atoms with van der Waals surface area (Å²) in [6.07, 6.45) is -0.126. The molecule has 0 aliphatic carbocycles. The number of rotatable bonds is 7. The summed E-state index contributed by atoms with van der Waals surface area (Å²) in [5, 5.41) is 3.72. The SMILES string of the molecule is COc1ccccc1C(=O)NN1C[C@@H](C(=O)OCC(=O)Nc2ccc(Br)c(C)c2)CC1=O. The molecule has 1 aliphatic heterocycles. The number of halogens is 1. The van der Waals surface area contributed by atoms with E-state index in [1.54, 1.807) is 42.5 Å². The summed E-state index contributed by atoms with van der Waals surface area (Å²) in [5.74, 6) is -2.57. The number of para-hydroxylation sites is 1. The summed E-state index contributed by atoms with van der Waals surface area (Å²) in [4.78, 5) is 49.1. The van der Waals surface area contributed by atoms with Crippen molar-refractivity contribution in [2.45, 2.75) is 13.3 Å². The van der Waals surface area contributed by atoms with Gasteiger partial charge in [0.25, 0.3) is 11.8 Å². The molecule has 10 heteroatoms. The van der Waals surface area contributed by atoms with Gasteiger partial charge in [-0.05, 0) is 42.8 Å². The predicted molar refractivity (Wildman–Crippen MR) is 119 cm³/mol. The zero-order valence-electron chi connectivity index (χ0n) is 17.5. The zero-order valence-corrected chi connectivity index (χ0v) is 19.1. The quantitative estimate of drug-likeness (QED) is 0.560. The van der Waals surface area contributed by atoms with Crippen molar-refractivity contribution in [3.05, 3.63) is 58.1 Å². The van der Waals surface area contributed by atoms with Crippen LogP contribution in [0.25, 0.3) is 0 Å². The molecule has 2 aromatic carbocycles. The van der Waals surface area contributed by atoms with Crippen molar-refractivity contribution in [3.63, 3.8) is 0 Å². The maximum absolute atomic E-state index is 12.5. The first-order chi connectivity index (χ1) is 15.3. The average molecular weight is 504 g/mol. The molecule has 1 atom stereocenters. The molecule has 9 nitrogen and oxygen atoms in total. The second kappa shape index (κ2) is 10.3. The number of ether oxygens (including phenoxy) is 2. The van der Waals surface area contributed by atoms with E-state index < -0.39 is 36.2 Å². The molecule has 2 aromatic rings. The number of anilines is 1. The van der Waals surface area contributed by atoms with Crippen LogP contribution >= 0.6 is 15.9 Å². The second-order valence-electron chi connectivity index (χ2n) is 7.17. The number of aryl methyl sites for hydroxylation is 1.